The van der Waals surface area contributed by atoms with Crippen LogP contribution < -0.4 is 0 Å². The van der Waals surface area contributed by atoms with Crippen LogP contribution in [0.4, 0.5) is 0 Å². The summed E-state index contributed by atoms with van der Waals surface area (Å²) in [5, 5.41) is 0. The molecule has 0 aromatic rings. The van der Waals surface area contributed by atoms with E-state index in [0.29, 0.717) is 13.0 Å². The van der Waals surface area contributed by atoms with Crippen molar-refractivity contribution in [3.8, 4) is 0 Å². The zero-order valence-electron chi connectivity index (χ0n) is 21.0. The molecule has 0 spiro atoms. The summed E-state index contributed by atoms with van der Waals surface area (Å²) in [5.41, 5.74) is 0. The summed E-state index contributed by atoms with van der Waals surface area (Å²) in [6.07, 6.45) is 22.4. The zero-order valence-corrected chi connectivity index (χ0v) is 22.8. The fourth-order valence-corrected chi connectivity index (χ4v) is 5.78. The van der Waals surface area contributed by atoms with Crippen LogP contribution in [-0.2, 0) is 18.1 Å². The lowest BCUT2D eigenvalue weighted by Crippen LogP contribution is -2.61. The lowest BCUT2D eigenvalue weighted by molar-refractivity contribution is -0.131. The summed E-state index contributed by atoms with van der Waals surface area (Å²) in [6.45, 7) is 4.91. The Morgan fingerprint density at radius 3 is 1.61 bits per heavy atom. The Balaban J connectivity index is 0. The number of unbranched alkanes of at least 4 members (excludes halogenated alkanes) is 11. The topological polar surface area (TPSA) is 48.0 Å². The van der Waals surface area contributed by atoms with Crippen molar-refractivity contribution in [2.75, 3.05) is 27.9 Å². The van der Waals surface area contributed by atoms with Gasteiger partial charge in [-0.25, -0.2) is 0 Å². The fraction of sp³-hybridized carbons (Fsp3) is 0.875. The second kappa shape index (κ2) is 22.8. The highest BCUT2D eigenvalue weighted by molar-refractivity contribution is 6.60. The molecule has 31 heavy (non-hydrogen) atoms. The molecule has 0 fully saturated rings. The summed E-state index contributed by atoms with van der Waals surface area (Å²) in [7, 11) is 1.59. The molecular formula is C24H50ClNO4Si. The van der Waals surface area contributed by atoms with Gasteiger partial charge in [0.05, 0.1) is 0 Å². The summed E-state index contributed by atoms with van der Waals surface area (Å²) >= 11 is 0. The quantitative estimate of drug-likeness (QED) is 0.100. The van der Waals surface area contributed by atoms with E-state index in [1.54, 1.807) is 25.9 Å². The van der Waals surface area contributed by atoms with E-state index in [4.69, 9.17) is 13.3 Å². The van der Waals surface area contributed by atoms with Crippen molar-refractivity contribution in [2.24, 2.45) is 0 Å². The fourth-order valence-electron chi connectivity index (χ4n) is 3.70. The molecule has 7 heteroatoms. The van der Waals surface area contributed by atoms with Crippen molar-refractivity contribution >= 4 is 27.3 Å². The van der Waals surface area contributed by atoms with Crippen LogP contribution in [0.15, 0.2) is 12.2 Å². The van der Waals surface area contributed by atoms with E-state index in [-0.39, 0.29) is 18.3 Å². The van der Waals surface area contributed by atoms with Gasteiger partial charge in [-0.05, 0) is 38.5 Å². The van der Waals surface area contributed by atoms with Crippen LogP contribution in [0.3, 0.4) is 0 Å². The first-order chi connectivity index (χ1) is 14.6. The van der Waals surface area contributed by atoms with Gasteiger partial charge in [0.2, 0.25) is 5.91 Å². The maximum Gasteiger partial charge on any atom is 0.635 e. The first-order valence-electron chi connectivity index (χ1n) is 12.2. The van der Waals surface area contributed by atoms with Crippen molar-refractivity contribution in [3.63, 3.8) is 0 Å². The van der Waals surface area contributed by atoms with Crippen molar-refractivity contribution in [1.29, 1.82) is 0 Å². The number of carbonyl (C=O) groups is 1. The summed E-state index contributed by atoms with van der Waals surface area (Å²) < 4.78 is 18.2. The molecule has 0 radical (unpaired) electrons. The predicted octanol–water partition coefficient (Wildman–Crippen LogP) is 7.06. The number of rotatable bonds is 21. The van der Waals surface area contributed by atoms with Gasteiger partial charge in [0.1, 0.15) is 0 Å². The highest BCUT2D eigenvalue weighted by Crippen LogP contribution is 2.17. The van der Waals surface area contributed by atoms with E-state index < -0.39 is 8.97 Å². The molecule has 1 amide bonds. The minimum Gasteiger partial charge on any atom is -0.360 e. The average Bonchev–Trinajstić information content (AvgIpc) is 2.77. The number of hydrogen-bond donors (Lipinski definition) is 0. The Labute approximate surface area is 200 Å². The van der Waals surface area contributed by atoms with Crippen LogP contribution in [0, 0.1) is 0 Å². The molecule has 0 rings (SSSR count). The van der Waals surface area contributed by atoms with E-state index in [1.165, 1.54) is 70.6 Å². The van der Waals surface area contributed by atoms with E-state index in [2.05, 4.69) is 19.1 Å². The molecule has 0 bridgehead atoms. The standard InChI is InChI=1S/C24H49NO4Si.ClH/c1-6-8-9-10-11-12-13-14-15-16-17-18-19-20-21-22-24(26)25(23-7-2)30(27-3,28-4)29-5;/h14-15H,6-13,16-23H2,1-5H3;1H. The van der Waals surface area contributed by atoms with Gasteiger partial charge in [0.15, 0.2) is 0 Å². The van der Waals surface area contributed by atoms with Gasteiger partial charge in [-0.2, -0.15) is 0 Å². The molecule has 0 aliphatic heterocycles. The van der Waals surface area contributed by atoms with Crippen LogP contribution >= 0.6 is 12.4 Å². The minimum absolute atomic E-state index is 0. The molecule has 0 unspecified atom stereocenters. The summed E-state index contributed by atoms with van der Waals surface area (Å²) in [5.74, 6) is 0.0756. The lowest BCUT2D eigenvalue weighted by atomic mass is 10.1. The van der Waals surface area contributed by atoms with Crippen molar-refractivity contribution < 1.29 is 18.1 Å². The van der Waals surface area contributed by atoms with Gasteiger partial charge in [0.25, 0.3) is 0 Å². The highest BCUT2D eigenvalue weighted by Gasteiger charge is 2.49. The van der Waals surface area contributed by atoms with Crippen LogP contribution in [0.2, 0.25) is 0 Å². The summed E-state index contributed by atoms with van der Waals surface area (Å²) in [4.78, 5) is 12.7. The highest BCUT2D eigenvalue weighted by atomic mass is 35.5. The molecule has 186 valence electrons. The Morgan fingerprint density at radius 2 is 1.16 bits per heavy atom. The van der Waals surface area contributed by atoms with Gasteiger partial charge in [-0.15, -0.1) is 12.4 Å². The third-order valence-electron chi connectivity index (χ3n) is 5.51. The van der Waals surface area contributed by atoms with Crippen molar-refractivity contribution in [1.82, 2.24) is 4.57 Å². The van der Waals surface area contributed by atoms with E-state index in [1.807, 2.05) is 6.92 Å². The van der Waals surface area contributed by atoms with Crippen LogP contribution in [0.5, 0.6) is 0 Å². The maximum absolute atomic E-state index is 12.7. The van der Waals surface area contributed by atoms with E-state index in [0.717, 1.165) is 19.3 Å². The van der Waals surface area contributed by atoms with E-state index >= 15 is 0 Å². The molecule has 0 aliphatic rings. The number of hydrogen-bond acceptors (Lipinski definition) is 4. The number of allylic oxidation sites excluding steroid dienone is 2. The second-order valence-corrected chi connectivity index (χ2v) is 10.8. The van der Waals surface area contributed by atoms with Gasteiger partial charge >= 0.3 is 8.97 Å². The minimum atomic E-state index is -3.06. The van der Waals surface area contributed by atoms with Gasteiger partial charge < -0.3 is 17.8 Å². The first kappa shape index (κ1) is 32.8. The number of nitrogens with zero attached hydrogens (tertiary/aromatic N) is 1. The first-order valence-corrected chi connectivity index (χ1v) is 13.9. The average molecular weight is 480 g/mol. The molecule has 0 saturated carbocycles. The molecule has 0 atom stereocenters. The third-order valence-corrected chi connectivity index (χ3v) is 8.19. The largest absolute Gasteiger partial charge is 0.635 e. The maximum atomic E-state index is 12.7. The monoisotopic (exact) mass is 479 g/mol. The van der Waals surface area contributed by atoms with E-state index in [9.17, 15) is 4.79 Å². The van der Waals surface area contributed by atoms with Crippen LogP contribution in [0.1, 0.15) is 110 Å². The van der Waals surface area contributed by atoms with Crippen LogP contribution in [0.25, 0.3) is 0 Å². The molecule has 0 saturated heterocycles. The van der Waals surface area contributed by atoms with Gasteiger partial charge in [0, 0.05) is 34.3 Å². The normalized spacial score (nSPS) is 11.6. The predicted molar refractivity (Wildman–Crippen MR) is 135 cm³/mol. The zero-order chi connectivity index (χ0) is 22.5. The van der Waals surface area contributed by atoms with Crippen molar-refractivity contribution in [2.45, 2.75) is 110 Å². The molecular weight excluding hydrogens is 430 g/mol. The summed E-state index contributed by atoms with van der Waals surface area (Å²) in [6, 6.07) is 0. The Kier molecular flexibility index (Phi) is 24.1. The number of carbonyl (C=O) groups excluding carboxylic acids is 1. The second-order valence-electron chi connectivity index (χ2n) is 8.02. The molecule has 0 heterocycles. The lowest BCUT2D eigenvalue weighted by Gasteiger charge is -2.35. The van der Waals surface area contributed by atoms with Gasteiger partial charge in [-0.1, -0.05) is 77.4 Å². The van der Waals surface area contributed by atoms with Crippen molar-refractivity contribution in [3.05, 3.63) is 12.2 Å². The molecule has 5 nitrogen and oxygen atoms in total. The van der Waals surface area contributed by atoms with Gasteiger partial charge in [-0.3, -0.25) is 4.79 Å². The Bertz CT molecular complexity index is 426. The molecule has 0 N–H and O–H groups in total. The molecule has 0 aromatic carbocycles. The number of amides is 1. The smallest absolute Gasteiger partial charge is 0.360 e. The molecule has 0 aromatic heterocycles. The van der Waals surface area contributed by atoms with Crippen LogP contribution in [-0.4, -0.2) is 47.3 Å². The number of halogens is 1. The Morgan fingerprint density at radius 1 is 0.710 bits per heavy atom. The SMILES string of the molecule is CCCCCCCCC=CCCCCCCCC(=O)N(CCC)[Si](OC)(OC)OC.Cl. The molecule has 0 aliphatic carbocycles. The third kappa shape index (κ3) is 15.1. The Hall–Kier alpha value is -0.403.